The van der Waals surface area contributed by atoms with Gasteiger partial charge in [-0.25, -0.2) is 8.78 Å². The minimum Gasteiger partial charge on any atom is -0.353 e. The fourth-order valence-electron chi connectivity index (χ4n) is 1.07. The molecule has 1 aromatic heterocycles. The molecule has 0 amide bonds. The first-order valence-corrected chi connectivity index (χ1v) is 3.46. The Hall–Kier alpha value is -1.38. The molecular formula is C9H5F2N. The van der Waals surface area contributed by atoms with Gasteiger partial charge in [-0.15, -0.1) is 0 Å². The summed E-state index contributed by atoms with van der Waals surface area (Å²) in [7, 11) is 0. The van der Waals surface area contributed by atoms with Gasteiger partial charge in [0, 0.05) is 17.0 Å². The highest BCUT2D eigenvalue weighted by molar-refractivity contribution is 5.79. The fraction of sp³-hybridized carbons (Fsp3) is 0.111. The maximum atomic E-state index is 12.1. The smallest absolute Gasteiger partial charge is 0.278 e. The second kappa shape index (κ2) is 2.59. The molecule has 0 saturated heterocycles. The fourth-order valence-corrected chi connectivity index (χ4v) is 1.07. The number of hydrogen-bond acceptors (Lipinski definition) is 0. The molecule has 2 radical (unpaired) electrons. The summed E-state index contributed by atoms with van der Waals surface area (Å²) in [6.45, 7) is 0. The molecule has 0 aliphatic rings. The van der Waals surface area contributed by atoms with Crippen molar-refractivity contribution in [2.24, 2.45) is 0 Å². The Morgan fingerprint density at radius 2 is 2.25 bits per heavy atom. The Kier molecular flexibility index (Phi) is 1.57. The summed E-state index contributed by atoms with van der Waals surface area (Å²) in [4.78, 5) is 2.56. The molecule has 3 heteroatoms. The van der Waals surface area contributed by atoms with Crippen LogP contribution in [0.1, 0.15) is 12.1 Å². The SMILES string of the molecule is FC(F)c1[c]c2cc[c]cc2[nH]1. The molecule has 12 heavy (non-hydrogen) atoms. The number of halogens is 2. The van der Waals surface area contributed by atoms with Gasteiger partial charge in [-0.2, -0.15) is 0 Å². The largest absolute Gasteiger partial charge is 0.353 e. The molecule has 0 aliphatic heterocycles. The monoisotopic (exact) mass is 165 g/mol. The van der Waals surface area contributed by atoms with E-state index in [9.17, 15) is 8.78 Å². The van der Waals surface area contributed by atoms with Crippen molar-refractivity contribution in [2.45, 2.75) is 6.43 Å². The first kappa shape index (κ1) is 7.28. The summed E-state index contributed by atoms with van der Waals surface area (Å²) < 4.78 is 24.3. The molecular weight excluding hydrogens is 160 g/mol. The Morgan fingerprint density at radius 1 is 1.42 bits per heavy atom. The van der Waals surface area contributed by atoms with E-state index in [1.54, 1.807) is 18.2 Å². The van der Waals surface area contributed by atoms with Gasteiger partial charge in [0.2, 0.25) is 0 Å². The van der Waals surface area contributed by atoms with Crippen LogP contribution in [-0.2, 0) is 0 Å². The topological polar surface area (TPSA) is 15.8 Å². The van der Waals surface area contributed by atoms with Gasteiger partial charge >= 0.3 is 0 Å². The Balaban J connectivity index is 2.62. The number of benzene rings is 1. The Labute approximate surface area is 68.0 Å². The molecule has 0 fully saturated rings. The highest BCUT2D eigenvalue weighted by atomic mass is 19.3. The molecule has 2 aromatic rings. The van der Waals surface area contributed by atoms with E-state index in [1.807, 2.05) is 0 Å². The van der Waals surface area contributed by atoms with E-state index < -0.39 is 6.43 Å². The molecule has 1 N–H and O–H groups in total. The van der Waals surface area contributed by atoms with Gasteiger partial charge in [-0.3, -0.25) is 0 Å². The van der Waals surface area contributed by atoms with Crippen LogP contribution in [0.25, 0.3) is 10.9 Å². The third-order valence-corrected chi connectivity index (χ3v) is 1.62. The van der Waals surface area contributed by atoms with Crippen LogP contribution in [0.4, 0.5) is 8.78 Å². The Morgan fingerprint density at radius 3 is 2.92 bits per heavy atom. The average molecular weight is 165 g/mol. The minimum atomic E-state index is -2.49. The van der Waals surface area contributed by atoms with Gasteiger partial charge < -0.3 is 4.98 Å². The van der Waals surface area contributed by atoms with Crippen LogP contribution in [0.5, 0.6) is 0 Å². The number of aromatic amines is 1. The maximum Gasteiger partial charge on any atom is 0.278 e. The molecule has 0 unspecified atom stereocenters. The number of hydrogen-bond donors (Lipinski definition) is 1. The molecule has 0 aliphatic carbocycles. The van der Waals surface area contributed by atoms with Crippen LogP contribution in [0, 0.1) is 12.1 Å². The highest BCUT2D eigenvalue weighted by Gasteiger charge is 2.09. The van der Waals surface area contributed by atoms with Crippen molar-refractivity contribution in [3.63, 3.8) is 0 Å². The van der Waals surface area contributed by atoms with Gasteiger partial charge in [0.25, 0.3) is 6.43 Å². The number of alkyl halides is 2. The van der Waals surface area contributed by atoms with Gasteiger partial charge in [0.05, 0.1) is 5.69 Å². The third kappa shape index (κ3) is 1.07. The Bertz CT molecular complexity index is 359. The number of aromatic nitrogens is 1. The number of H-pyrrole nitrogens is 1. The van der Waals surface area contributed by atoms with Crippen molar-refractivity contribution in [1.82, 2.24) is 4.98 Å². The van der Waals surface area contributed by atoms with Crippen molar-refractivity contribution in [3.8, 4) is 0 Å². The van der Waals surface area contributed by atoms with E-state index in [-0.39, 0.29) is 5.69 Å². The molecule has 1 aromatic carbocycles. The zero-order valence-corrected chi connectivity index (χ0v) is 6.07. The van der Waals surface area contributed by atoms with E-state index in [0.29, 0.717) is 10.9 Å². The third-order valence-electron chi connectivity index (χ3n) is 1.62. The first-order chi connectivity index (χ1) is 5.77. The van der Waals surface area contributed by atoms with Crippen LogP contribution < -0.4 is 0 Å². The quantitative estimate of drug-likeness (QED) is 0.668. The molecule has 0 bridgehead atoms. The van der Waals surface area contributed by atoms with Gasteiger partial charge in [0.1, 0.15) is 0 Å². The zero-order valence-electron chi connectivity index (χ0n) is 6.07. The predicted octanol–water partition coefficient (Wildman–Crippen LogP) is 2.71. The predicted molar refractivity (Wildman–Crippen MR) is 40.9 cm³/mol. The zero-order chi connectivity index (χ0) is 8.55. The van der Waals surface area contributed by atoms with Crippen LogP contribution in [-0.4, -0.2) is 4.98 Å². The molecule has 1 nitrogen and oxygen atoms in total. The van der Waals surface area contributed by atoms with Crippen LogP contribution >= 0.6 is 0 Å². The van der Waals surface area contributed by atoms with Crippen molar-refractivity contribution in [2.75, 3.05) is 0 Å². The molecule has 1 heterocycles. The summed E-state index contributed by atoms with van der Waals surface area (Å²) in [5.41, 5.74) is 0.484. The maximum absolute atomic E-state index is 12.1. The second-order valence-corrected chi connectivity index (χ2v) is 2.44. The standard InChI is InChI=1S/C9H5F2N/c10-9(11)8-5-6-3-1-2-4-7(6)12-8/h1,3-4,9,12H. The minimum absolute atomic E-state index is 0.162. The van der Waals surface area contributed by atoms with Crippen LogP contribution in [0.3, 0.4) is 0 Å². The lowest BCUT2D eigenvalue weighted by Gasteiger charge is -1.89. The van der Waals surface area contributed by atoms with E-state index in [1.165, 1.54) is 0 Å². The van der Waals surface area contributed by atoms with Crippen molar-refractivity contribution >= 4 is 10.9 Å². The summed E-state index contributed by atoms with van der Waals surface area (Å²) in [6.07, 6.45) is -2.49. The lowest BCUT2D eigenvalue weighted by molar-refractivity contribution is 0.147. The van der Waals surface area contributed by atoms with Crippen molar-refractivity contribution in [3.05, 3.63) is 36.0 Å². The second-order valence-electron chi connectivity index (χ2n) is 2.44. The van der Waals surface area contributed by atoms with E-state index in [4.69, 9.17) is 0 Å². The number of fused-ring (bicyclic) bond motifs is 1. The number of rotatable bonds is 1. The molecule has 2 rings (SSSR count). The highest BCUT2D eigenvalue weighted by Crippen LogP contribution is 2.21. The lowest BCUT2D eigenvalue weighted by Crippen LogP contribution is -1.81. The summed E-state index contributed by atoms with van der Waals surface area (Å²) in [5.74, 6) is 0. The summed E-state index contributed by atoms with van der Waals surface area (Å²) in [6, 6.07) is 10.3. The first-order valence-electron chi connectivity index (χ1n) is 3.46. The van der Waals surface area contributed by atoms with Gasteiger partial charge in [0.15, 0.2) is 0 Å². The van der Waals surface area contributed by atoms with Gasteiger partial charge in [-0.05, 0) is 12.1 Å². The molecule has 0 spiro atoms. The van der Waals surface area contributed by atoms with Gasteiger partial charge in [-0.1, -0.05) is 12.1 Å². The van der Waals surface area contributed by atoms with Crippen LogP contribution in [0.2, 0.25) is 0 Å². The van der Waals surface area contributed by atoms with E-state index in [2.05, 4.69) is 17.1 Å². The average Bonchev–Trinajstić information content (AvgIpc) is 2.46. The molecule has 60 valence electrons. The lowest BCUT2D eigenvalue weighted by atomic mass is 10.2. The summed E-state index contributed by atoms with van der Waals surface area (Å²) in [5, 5.41) is 0.670. The normalized spacial score (nSPS) is 11.2. The van der Waals surface area contributed by atoms with E-state index in [0.717, 1.165) is 0 Å². The molecule has 0 atom stereocenters. The molecule has 0 saturated carbocycles. The summed E-state index contributed by atoms with van der Waals surface area (Å²) >= 11 is 0. The van der Waals surface area contributed by atoms with Crippen molar-refractivity contribution in [1.29, 1.82) is 0 Å². The van der Waals surface area contributed by atoms with Crippen molar-refractivity contribution < 1.29 is 8.78 Å². The van der Waals surface area contributed by atoms with E-state index >= 15 is 0 Å². The van der Waals surface area contributed by atoms with Crippen LogP contribution in [0.15, 0.2) is 18.2 Å². The number of nitrogens with one attached hydrogen (secondary N) is 1.